The zero-order valence-corrected chi connectivity index (χ0v) is 14.2. The van der Waals surface area contributed by atoms with Crippen LogP contribution < -0.4 is 11.1 Å². The van der Waals surface area contributed by atoms with Crippen LogP contribution in [0.2, 0.25) is 0 Å². The van der Waals surface area contributed by atoms with Crippen molar-refractivity contribution < 1.29 is 9.53 Å². The van der Waals surface area contributed by atoms with Crippen molar-refractivity contribution in [3.8, 4) is 0 Å². The van der Waals surface area contributed by atoms with Crippen molar-refractivity contribution in [2.24, 2.45) is 0 Å². The Morgan fingerprint density at radius 3 is 2.61 bits per heavy atom. The molecule has 0 unspecified atom stereocenters. The highest BCUT2D eigenvalue weighted by molar-refractivity contribution is 5.96. The minimum absolute atomic E-state index is 0.0292. The summed E-state index contributed by atoms with van der Waals surface area (Å²) in [6.45, 7) is 10.7. The summed E-state index contributed by atoms with van der Waals surface area (Å²) in [6.07, 6.45) is 0. The van der Waals surface area contributed by atoms with E-state index in [1.807, 2.05) is 26.0 Å². The van der Waals surface area contributed by atoms with Crippen molar-refractivity contribution in [3.63, 3.8) is 0 Å². The molecule has 1 heterocycles. The highest BCUT2D eigenvalue weighted by Crippen LogP contribution is 2.20. The van der Waals surface area contributed by atoms with Crippen LogP contribution in [-0.4, -0.2) is 68.2 Å². The maximum Gasteiger partial charge on any atom is 0.253 e. The van der Waals surface area contributed by atoms with Crippen molar-refractivity contribution in [3.05, 3.63) is 23.8 Å². The summed E-state index contributed by atoms with van der Waals surface area (Å²) >= 11 is 0. The number of carbonyl (C=O) groups is 1. The molecule has 0 atom stereocenters. The van der Waals surface area contributed by atoms with Crippen LogP contribution >= 0.6 is 0 Å². The minimum atomic E-state index is 0.0292. The predicted molar refractivity (Wildman–Crippen MR) is 93.9 cm³/mol. The number of hydrogen-bond donors (Lipinski definition) is 2. The third-order valence-electron chi connectivity index (χ3n) is 4.20. The molecule has 0 spiro atoms. The van der Waals surface area contributed by atoms with Gasteiger partial charge in [0.15, 0.2) is 0 Å². The number of nitrogens with one attached hydrogen (secondary N) is 1. The number of benzene rings is 1. The van der Waals surface area contributed by atoms with Crippen LogP contribution in [0.1, 0.15) is 24.2 Å². The number of ether oxygens (including phenoxy) is 1. The molecule has 0 aromatic heterocycles. The third kappa shape index (κ3) is 4.84. The Kier molecular flexibility index (Phi) is 6.67. The molecular formula is C17H28N4O2. The van der Waals surface area contributed by atoms with Crippen molar-refractivity contribution >= 4 is 17.3 Å². The van der Waals surface area contributed by atoms with Crippen molar-refractivity contribution in [2.45, 2.75) is 13.8 Å². The fraction of sp³-hybridized carbons (Fsp3) is 0.588. The quantitative estimate of drug-likeness (QED) is 0.745. The van der Waals surface area contributed by atoms with Crippen molar-refractivity contribution in [1.29, 1.82) is 0 Å². The molecule has 0 bridgehead atoms. The molecule has 6 heteroatoms. The monoisotopic (exact) mass is 320 g/mol. The minimum Gasteiger partial charge on any atom is -0.397 e. The number of nitrogens with zero attached hydrogens (tertiary/aromatic N) is 2. The topological polar surface area (TPSA) is 70.8 Å². The number of rotatable bonds is 7. The number of hydrogen-bond acceptors (Lipinski definition) is 5. The fourth-order valence-corrected chi connectivity index (χ4v) is 2.72. The number of nitrogens with two attached hydrogens (primary N) is 1. The lowest BCUT2D eigenvalue weighted by molar-refractivity contribution is 0.0398. The normalized spacial score (nSPS) is 15.4. The van der Waals surface area contributed by atoms with Gasteiger partial charge in [0.05, 0.1) is 24.6 Å². The van der Waals surface area contributed by atoms with Gasteiger partial charge in [-0.3, -0.25) is 9.69 Å². The summed E-state index contributed by atoms with van der Waals surface area (Å²) in [5.41, 5.74) is 8.24. The molecule has 1 fully saturated rings. The van der Waals surface area contributed by atoms with Gasteiger partial charge >= 0.3 is 0 Å². The van der Waals surface area contributed by atoms with Gasteiger partial charge in [-0.25, -0.2) is 0 Å². The van der Waals surface area contributed by atoms with Crippen LogP contribution in [0.25, 0.3) is 0 Å². The number of carbonyl (C=O) groups excluding carboxylic acids is 1. The Morgan fingerprint density at radius 2 is 2.00 bits per heavy atom. The summed E-state index contributed by atoms with van der Waals surface area (Å²) in [5, 5.41) is 3.35. The van der Waals surface area contributed by atoms with Crippen LogP contribution in [0, 0.1) is 0 Å². The molecule has 0 aliphatic carbocycles. The number of amides is 1. The molecule has 128 valence electrons. The maximum absolute atomic E-state index is 12.3. The zero-order valence-electron chi connectivity index (χ0n) is 14.2. The first-order valence-corrected chi connectivity index (χ1v) is 8.38. The largest absolute Gasteiger partial charge is 0.397 e. The molecule has 3 N–H and O–H groups in total. The van der Waals surface area contributed by atoms with Crippen LogP contribution in [-0.2, 0) is 4.74 Å². The SMILES string of the molecule is CCN(CC)C(=O)c1ccc(NCCN2CCOCC2)c(N)c1. The van der Waals surface area contributed by atoms with E-state index in [0.717, 1.165) is 45.1 Å². The molecule has 0 radical (unpaired) electrons. The van der Waals surface area contributed by atoms with Gasteiger partial charge in [0.1, 0.15) is 0 Å². The number of anilines is 2. The van der Waals surface area contributed by atoms with E-state index >= 15 is 0 Å². The molecule has 1 aliphatic heterocycles. The third-order valence-corrected chi connectivity index (χ3v) is 4.20. The van der Waals surface area contributed by atoms with Gasteiger partial charge in [0, 0.05) is 44.8 Å². The van der Waals surface area contributed by atoms with Crippen LogP contribution in [0.5, 0.6) is 0 Å². The van der Waals surface area contributed by atoms with E-state index in [1.54, 1.807) is 11.0 Å². The molecule has 1 aliphatic rings. The molecule has 6 nitrogen and oxygen atoms in total. The first-order chi connectivity index (χ1) is 11.2. The second-order valence-electron chi connectivity index (χ2n) is 5.66. The lowest BCUT2D eigenvalue weighted by atomic mass is 10.1. The maximum atomic E-state index is 12.3. The second-order valence-corrected chi connectivity index (χ2v) is 5.66. The zero-order chi connectivity index (χ0) is 16.7. The van der Waals surface area contributed by atoms with Gasteiger partial charge in [-0.1, -0.05) is 0 Å². The van der Waals surface area contributed by atoms with E-state index in [2.05, 4.69) is 10.2 Å². The average Bonchev–Trinajstić information content (AvgIpc) is 2.58. The van der Waals surface area contributed by atoms with E-state index < -0.39 is 0 Å². The average molecular weight is 320 g/mol. The summed E-state index contributed by atoms with van der Waals surface area (Å²) in [5.74, 6) is 0.0292. The molecule has 23 heavy (non-hydrogen) atoms. The van der Waals surface area contributed by atoms with E-state index in [0.29, 0.717) is 24.3 Å². The van der Waals surface area contributed by atoms with Gasteiger partial charge in [0.25, 0.3) is 5.91 Å². The lowest BCUT2D eigenvalue weighted by Gasteiger charge is -2.26. The summed E-state index contributed by atoms with van der Waals surface area (Å²) in [7, 11) is 0. The molecule has 1 aromatic rings. The van der Waals surface area contributed by atoms with Gasteiger partial charge in [-0.15, -0.1) is 0 Å². The molecule has 0 saturated carbocycles. The Bertz CT molecular complexity index is 511. The smallest absolute Gasteiger partial charge is 0.253 e. The molecule has 1 amide bonds. The molecule has 1 saturated heterocycles. The van der Waals surface area contributed by atoms with Crippen molar-refractivity contribution in [2.75, 3.05) is 63.5 Å². The predicted octanol–water partition coefficient (Wildman–Crippen LogP) is 1.49. The second kappa shape index (κ2) is 8.74. The van der Waals surface area contributed by atoms with Gasteiger partial charge < -0.3 is 20.7 Å². The first-order valence-electron chi connectivity index (χ1n) is 8.38. The highest BCUT2D eigenvalue weighted by Gasteiger charge is 2.14. The van der Waals surface area contributed by atoms with E-state index in [1.165, 1.54) is 0 Å². The lowest BCUT2D eigenvalue weighted by Crippen LogP contribution is -2.39. The number of morpholine rings is 1. The summed E-state index contributed by atoms with van der Waals surface area (Å²) in [4.78, 5) is 16.5. The van der Waals surface area contributed by atoms with E-state index in [4.69, 9.17) is 10.5 Å². The molecular weight excluding hydrogens is 292 g/mol. The first kappa shape index (κ1) is 17.6. The van der Waals surface area contributed by atoms with Gasteiger partial charge in [0.2, 0.25) is 0 Å². The van der Waals surface area contributed by atoms with E-state index in [9.17, 15) is 4.79 Å². The Hall–Kier alpha value is -1.79. The van der Waals surface area contributed by atoms with Gasteiger partial charge in [-0.05, 0) is 32.0 Å². The Morgan fingerprint density at radius 1 is 1.30 bits per heavy atom. The standard InChI is InChI=1S/C17H28N4O2/c1-3-21(4-2)17(22)14-5-6-16(15(18)13-14)19-7-8-20-9-11-23-12-10-20/h5-6,13,19H,3-4,7-12,18H2,1-2H3. The van der Waals surface area contributed by atoms with Crippen LogP contribution in [0.15, 0.2) is 18.2 Å². The van der Waals surface area contributed by atoms with E-state index in [-0.39, 0.29) is 5.91 Å². The van der Waals surface area contributed by atoms with Crippen molar-refractivity contribution in [1.82, 2.24) is 9.80 Å². The summed E-state index contributed by atoms with van der Waals surface area (Å²) < 4.78 is 5.34. The van der Waals surface area contributed by atoms with Gasteiger partial charge in [-0.2, -0.15) is 0 Å². The highest BCUT2D eigenvalue weighted by atomic mass is 16.5. The van der Waals surface area contributed by atoms with Crippen LogP contribution in [0.3, 0.4) is 0 Å². The molecule has 2 rings (SSSR count). The van der Waals surface area contributed by atoms with Crippen LogP contribution in [0.4, 0.5) is 11.4 Å². The fourth-order valence-electron chi connectivity index (χ4n) is 2.72. The Balaban J connectivity index is 1.89. The summed E-state index contributed by atoms with van der Waals surface area (Å²) in [6, 6.07) is 5.50. The molecule has 1 aromatic carbocycles. The Labute approximate surface area is 138 Å². The number of nitrogen functional groups attached to an aromatic ring is 1.